The number of carbonyl (C=O) groups excluding carboxylic acids is 2. The van der Waals surface area contributed by atoms with Crippen molar-refractivity contribution in [2.45, 2.75) is 12.8 Å². The zero-order valence-corrected chi connectivity index (χ0v) is 14.8. The van der Waals surface area contributed by atoms with Gasteiger partial charge in [0, 0.05) is 44.1 Å². The van der Waals surface area contributed by atoms with E-state index in [4.69, 9.17) is 0 Å². The fourth-order valence-corrected chi connectivity index (χ4v) is 3.47. The maximum absolute atomic E-state index is 12.9. The molecular formula is C19H21N5O3. The molecule has 8 nitrogen and oxygen atoms in total. The smallest absolute Gasteiger partial charge is 0.323 e. The molecule has 2 aromatic heterocycles. The normalized spacial score (nSPS) is 15.1. The Morgan fingerprint density at radius 2 is 1.74 bits per heavy atom. The van der Waals surface area contributed by atoms with E-state index in [0.717, 1.165) is 12.0 Å². The molecule has 0 aliphatic carbocycles. The lowest BCUT2D eigenvalue weighted by Gasteiger charge is -2.22. The van der Waals surface area contributed by atoms with Gasteiger partial charge in [0.1, 0.15) is 0 Å². The van der Waals surface area contributed by atoms with Crippen LogP contribution in [0, 0.1) is 0 Å². The Morgan fingerprint density at radius 1 is 0.963 bits per heavy atom. The molecule has 0 spiro atoms. The van der Waals surface area contributed by atoms with Crippen molar-refractivity contribution < 1.29 is 9.59 Å². The number of fused-ring (bicyclic) bond motifs is 1. The Kier molecular flexibility index (Phi) is 4.53. The third-order valence-corrected chi connectivity index (χ3v) is 4.92. The number of rotatable bonds is 3. The molecule has 1 fully saturated rings. The first kappa shape index (κ1) is 17.1. The van der Waals surface area contributed by atoms with Crippen molar-refractivity contribution in [1.82, 2.24) is 24.8 Å². The topological polar surface area (TPSA) is 105 Å². The van der Waals surface area contributed by atoms with Gasteiger partial charge in [-0.3, -0.25) is 9.59 Å². The molecule has 4 rings (SSSR count). The summed E-state index contributed by atoms with van der Waals surface area (Å²) in [6, 6.07) is 7.03. The first-order chi connectivity index (χ1) is 13.1. The number of benzene rings is 1. The molecule has 0 radical (unpaired) electrons. The van der Waals surface area contributed by atoms with Crippen molar-refractivity contribution in [3.8, 4) is 0 Å². The van der Waals surface area contributed by atoms with E-state index in [9.17, 15) is 14.4 Å². The lowest BCUT2D eigenvalue weighted by molar-refractivity contribution is -0.130. The molecule has 140 valence electrons. The van der Waals surface area contributed by atoms with E-state index in [-0.39, 0.29) is 17.5 Å². The van der Waals surface area contributed by atoms with Crippen LogP contribution in [0.1, 0.15) is 22.3 Å². The third-order valence-electron chi connectivity index (χ3n) is 4.92. The fraction of sp³-hybridized carbons (Fsp3) is 0.316. The van der Waals surface area contributed by atoms with Crippen LogP contribution in [0.5, 0.6) is 0 Å². The molecule has 1 aliphatic heterocycles. The Bertz CT molecular complexity index is 1020. The molecule has 8 heteroatoms. The minimum Gasteiger partial charge on any atom is -0.367 e. The first-order valence-electron chi connectivity index (χ1n) is 9.01. The largest absolute Gasteiger partial charge is 0.367 e. The second-order valence-electron chi connectivity index (χ2n) is 6.76. The van der Waals surface area contributed by atoms with Gasteiger partial charge < -0.3 is 24.8 Å². The summed E-state index contributed by atoms with van der Waals surface area (Å²) in [5, 5.41) is 0. The summed E-state index contributed by atoms with van der Waals surface area (Å²) in [7, 11) is 0. The number of imidazole rings is 1. The summed E-state index contributed by atoms with van der Waals surface area (Å²) in [5.74, 6) is -0.00546. The number of nitrogens with zero attached hydrogens (tertiary/aromatic N) is 2. The molecule has 1 aromatic carbocycles. The van der Waals surface area contributed by atoms with E-state index in [1.54, 1.807) is 29.3 Å². The SMILES string of the molecule is O=C(Cc1cc[nH]c1)N1CCCN(C(=O)c2ccc3[nH]c(=O)[nH]c3c2)CC1. The predicted molar refractivity (Wildman–Crippen MR) is 101 cm³/mol. The second-order valence-corrected chi connectivity index (χ2v) is 6.76. The molecule has 0 bridgehead atoms. The summed E-state index contributed by atoms with van der Waals surface area (Å²) in [4.78, 5) is 48.6. The lowest BCUT2D eigenvalue weighted by atomic mass is 10.1. The van der Waals surface area contributed by atoms with Crippen molar-refractivity contribution in [3.05, 3.63) is 58.3 Å². The maximum atomic E-state index is 12.9. The Hall–Kier alpha value is -3.29. The highest BCUT2D eigenvalue weighted by atomic mass is 16.2. The quantitative estimate of drug-likeness (QED) is 0.645. The van der Waals surface area contributed by atoms with E-state index in [2.05, 4.69) is 15.0 Å². The minimum atomic E-state index is -0.291. The van der Waals surface area contributed by atoms with E-state index in [1.807, 2.05) is 17.2 Å². The summed E-state index contributed by atoms with van der Waals surface area (Å²) in [6.45, 7) is 2.28. The van der Waals surface area contributed by atoms with Crippen LogP contribution in [0.15, 0.2) is 41.5 Å². The van der Waals surface area contributed by atoms with Crippen LogP contribution in [0.4, 0.5) is 0 Å². The van der Waals surface area contributed by atoms with Crippen molar-refractivity contribution in [2.24, 2.45) is 0 Å². The van der Waals surface area contributed by atoms with Crippen LogP contribution in [0.25, 0.3) is 11.0 Å². The summed E-state index contributed by atoms with van der Waals surface area (Å²) >= 11 is 0. The molecule has 3 N–H and O–H groups in total. The summed E-state index contributed by atoms with van der Waals surface area (Å²) in [6.07, 6.45) is 4.75. The first-order valence-corrected chi connectivity index (χ1v) is 9.01. The average molecular weight is 367 g/mol. The van der Waals surface area contributed by atoms with Gasteiger partial charge in [-0.15, -0.1) is 0 Å². The average Bonchev–Trinajstić information content (AvgIpc) is 3.21. The number of carbonyl (C=O) groups is 2. The van der Waals surface area contributed by atoms with E-state index >= 15 is 0 Å². The highest BCUT2D eigenvalue weighted by molar-refractivity contribution is 5.97. The van der Waals surface area contributed by atoms with Gasteiger partial charge in [-0.2, -0.15) is 0 Å². The number of H-pyrrole nitrogens is 3. The van der Waals surface area contributed by atoms with Crippen LogP contribution in [0.2, 0.25) is 0 Å². The van der Waals surface area contributed by atoms with Gasteiger partial charge in [0.25, 0.3) is 5.91 Å². The summed E-state index contributed by atoms with van der Waals surface area (Å²) in [5.41, 5.74) is 2.50. The highest BCUT2D eigenvalue weighted by Gasteiger charge is 2.23. The molecule has 0 atom stereocenters. The lowest BCUT2D eigenvalue weighted by Crippen LogP contribution is -2.37. The fourth-order valence-electron chi connectivity index (χ4n) is 3.47. The summed E-state index contributed by atoms with van der Waals surface area (Å²) < 4.78 is 0. The van der Waals surface area contributed by atoms with Gasteiger partial charge in [-0.25, -0.2) is 4.79 Å². The molecule has 27 heavy (non-hydrogen) atoms. The van der Waals surface area contributed by atoms with Gasteiger partial charge in [0.2, 0.25) is 5.91 Å². The Labute approximate surface area is 155 Å². The van der Waals surface area contributed by atoms with Crippen LogP contribution in [-0.4, -0.2) is 62.7 Å². The number of aromatic nitrogens is 3. The monoisotopic (exact) mass is 367 g/mol. The molecule has 3 heterocycles. The van der Waals surface area contributed by atoms with Gasteiger partial charge in [0.05, 0.1) is 17.5 Å². The highest BCUT2D eigenvalue weighted by Crippen LogP contribution is 2.14. The molecule has 0 unspecified atom stereocenters. The number of hydrogen-bond acceptors (Lipinski definition) is 3. The number of amides is 2. The maximum Gasteiger partial charge on any atom is 0.323 e. The van der Waals surface area contributed by atoms with Crippen molar-refractivity contribution in [2.75, 3.05) is 26.2 Å². The van der Waals surface area contributed by atoms with Crippen LogP contribution in [0.3, 0.4) is 0 Å². The van der Waals surface area contributed by atoms with Crippen molar-refractivity contribution in [1.29, 1.82) is 0 Å². The zero-order chi connectivity index (χ0) is 18.8. The van der Waals surface area contributed by atoms with Crippen LogP contribution in [-0.2, 0) is 11.2 Å². The van der Waals surface area contributed by atoms with Crippen LogP contribution >= 0.6 is 0 Å². The van der Waals surface area contributed by atoms with Crippen molar-refractivity contribution in [3.63, 3.8) is 0 Å². The van der Waals surface area contributed by atoms with Gasteiger partial charge >= 0.3 is 5.69 Å². The molecule has 2 amide bonds. The van der Waals surface area contributed by atoms with Gasteiger partial charge in [-0.1, -0.05) is 0 Å². The van der Waals surface area contributed by atoms with E-state index in [0.29, 0.717) is 49.2 Å². The second kappa shape index (κ2) is 7.14. The van der Waals surface area contributed by atoms with Gasteiger partial charge in [-0.05, 0) is 36.2 Å². The molecule has 1 aliphatic rings. The Morgan fingerprint density at radius 3 is 2.56 bits per heavy atom. The Balaban J connectivity index is 1.42. The number of aromatic amines is 3. The van der Waals surface area contributed by atoms with E-state index < -0.39 is 0 Å². The predicted octanol–water partition coefficient (Wildman–Crippen LogP) is 1.10. The number of hydrogen-bond donors (Lipinski definition) is 3. The molecular weight excluding hydrogens is 346 g/mol. The van der Waals surface area contributed by atoms with E-state index in [1.165, 1.54) is 0 Å². The third kappa shape index (κ3) is 3.64. The van der Waals surface area contributed by atoms with Gasteiger partial charge in [0.15, 0.2) is 0 Å². The molecule has 3 aromatic rings. The molecule has 1 saturated heterocycles. The van der Waals surface area contributed by atoms with Crippen LogP contribution < -0.4 is 5.69 Å². The molecule has 0 saturated carbocycles. The minimum absolute atomic E-state index is 0.0789. The van der Waals surface area contributed by atoms with Crippen molar-refractivity contribution >= 4 is 22.8 Å². The standard InChI is InChI=1S/C19H21N5O3/c25-17(10-13-4-5-20-12-13)23-6-1-7-24(9-8-23)18(26)14-2-3-15-16(11-14)22-19(27)21-15/h2-5,11-12,20H,1,6-10H2,(H2,21,22,27). The number of nitrogens with one attached hydrogen (secondary N) is 3. The zero-order valence-electron chi connectivity index (χ0n) is 14.8.